The van der Waals surface area contributed by atoms with E-state index in [1.165, 1.54) is 16.8 Å². The van der Waals surface area contributed by atoms with Gasteiger partial charge in [-0.15, -0.1) is 5.10 Å². The van der Waals surface area contributed by atoms with Gasteiger partial charge in [0.1, 0.15) is 29.4 Å². The molecule has 10 nitrogen and oxygen atoms in total. The van der Waals surface area contributed by atoms with Crippen molar-refractivity contribution in [2.24, 2.45) is 0 Å². The van der Waals surface area contributed by atoms with E-state index in [9.17, 15) is 27.2 Å². The Morgan fingerprint density at radius 2 is 1.84 bits per heavy atom. The third kappa shape index (κ3) is 3.97. The fourth-order valence-corrected chi connectivity index (χ4v) is 3.93. The Kier molecular flexibility index (Phi) is 5.51. The highest BCUT2D eigenvalue weighted by molar-refractivity contribution is 5.92. The van der Waals surface area contributed by atoms with Crippen LogP contribution >= 0.6 is 0 Å². The summed E-state index contributed by atoms with van der Waals surface area (Å²) in [6.45, 7) is 1.67. The van der Waals surface area contributed by atoms with Crippen molar-refractivity contribution in [1.29, 1.82) is 5.26 Å². The number of fused-ring (bicyclic) bond motifs is 1. The summed E-state index contributed by atoms with van der Waals surface area (Å²) in [4.78, 5) is 10.7. The number of aromatic nitrogens is 8. The molecule has 0 amide bonds. The number of nitrogens with zero attached hydrogens (tertiary/aromatic N) is 9. The molecule has 0 saturated carbocycles. The molecule has 5 rings (SSSR count). The normalized spacial score (nSPS) is 12.6. The monoisotopic (exact) mass is 512 g/mol. The van der Waals surface area contributed by atoms with Gasteiger partial charge < -0.3 is 5.73 Å². The van der Waals surface area contributed by atoms with Gasteiger partial charge in [-0.3, -0.25) is 0 Å². The van der Waals surface area contributed by atoms with Gasteiger partial charge in [-0.05, 0) is 12.1 Å². The minimum absolute atomic E-state index is 0.0190. The first-order valence-corrected chi connectivity index (χ1v) is 10.4. The van der Waals surface area contributed by atoms with Gasteiger partial charge in [0.15, 0.2) is 11.6 Å². The van der Waals surface area contributed by atoms with Gasteiger partial charge in [-0.1, -0.05) is 12.1 Å². The molecule has 0 fully saturated rings. The molecule has 0 aliphatic carbocycles. The number of hydrogen-bond donors (Lipinski definition) is 1. The molecule has 4 heterocycles. The van der Waals surface area contributed by atoms with Gasteiger partial charge in [-0.25, -0.2) is 32.9 Å². The van der Waals surface area contributed by atoms with Crippen LogP contribution in [0.5, 0.6) is 0 Å². The zero-order valence-corrected chi connectivity index (χ0v) is 18.6. The number of alkyl halides is 3. The second-order valence-electron chi connectivity index (χ2n) is 7.85. The first-order valence-electron chi connectivity index (χ1n) is 10.4. The molecule has 186 valence electrons. The average molecular weight is 512 g/mol. The summed E-state index contributed by atoms with van der Waals surface area (Å²) in [6, 6.07) is 5.01. The smallest absolute Gasteiger partial charge is 0.382 e. The van der Waals surface area contributed by atoms with Crippen LogP contribution in [-0.2, 0) is 6.18 Å². The minimum Gasteiger partial charge on any atom is -0.382 e. The predicted molar refractivity (Wildman–Crippen MR) is 117 cm³/mol. The van der Waals surface area contributed by atoms with Crippen LogP contribution in [-0.4, -0.2) is 39.6 Å². The standard InChI is InChI=1S/C22H13F5N10/c1-10(15-8-36(35-34-15)16-3-2-12(23)4-14(16)24)18-13(5-28)17(19-20(29)32-9-33-37(18)19)11-6-30-21(31-7-11)22(25,26)27/h2-4,6-10H,1H3,(H2,29,32,33)/t10-/m0/s1. The van der Waals surface area contributed by atoms with Crippen LogP contribution in [0.2, 0.25) is 0 Å². The van der Waals surface area contributed by atoms with E-state index >= 15 is 0 Å². The highest BCUT2D eigenvalue weighted by atomic mass is 19.4. The molecule has 0 bridgehead atoms. The van der Waals surface area contributed by atoms with E-state index in [2.05, 4.69) is 36.4 Å². The largest absolute Gasteiger partial charge is 0.451 e. The maximum absolute atomic E-state index is 14.2. The fourth-order valence-electron chi connectivity index (χ4n) is 3.93. The van der Waals surface area contributed by atoms with Crippen molar-refractivity contribution in [3.05, 3.63) is 77.5 Å². The summed E-state index contributed by atoms with van der Waals surface area (Å²) in [7, 11) is 0. The molecule has 15 heteroatoms. The van der Waals surface area contributed by atoms with Gasteiger partial charge in [-0.2, -0.15) is 23.5 Å². The number of hydrogen-bond acceptors (Lipinski definition) is 8. The molecule has 4 aromatic heterocycles. The third-order valence-corrected chi connectivity index (χ3v) is 5.62. The van der Waals surface area contributed by atoms with Crippen LogP contribution in [0.3, 0.4) is 0 Å². The first kappa shape index (κ1) is 23.7. The Morgan fingerprint density at radius 3 is 2.49 bits per heavy atom. The molecule has 0 aliphatic rings. The Bertz CT molecular complexity index is 1680. The minimum atomic E-state index is -4.75. The van der Waals surface area contributed by atoms with Crippen molar-refractivity contribution in [2.45, 2.75) is 19.0 Å². The van der Waals surface area contributed by atoms with Gasteiger partial charge in [0.05, 0.1) is 23.1 Å². The van der Waals surface area contributed by atoms with Crippen molar-refractivity contribution >= 4 is 11.3 Å². The number of nitrogen functional groups attached to an aromatic ring is 1. The summed E-state index contributed by atoms with van der Waals surface area (Å²) in [5.41, 5.74) is 6.96. The molecule has 5 aromatic rings. The lowest BCUT2D eigenvalue weighted by molar-refractivity contribution is -0.144. The molecule has 2 N–H and O–H groups in total. The van der Waals surface area contributed by atoms with Gasteiger partial charge in [0.2, 0.25) is 5.82 Å². The van der Waals surface area contributed by atoms with Crippen molar-refractivity contribution in [2.75, 3.05) is 5.73 Å². The molecule has 1 atom stereocenters. The molecule has 0 radical (unpaired) electrons. The second kappa shape index (κ2) is 8.59. The number of benzene rings is 1. The Balaban J connectivity index is 1.67. The van der Waals surface area contributed by atoms with E-state index in [-0.39, 0.29) is 45.1 Å². The SMILES string of the molecule is C[C@@H](c1cn(-c2ccc(F)cc2F)nn1)c1c(C#N)c(-c2cnc(C(F)(F)F)nc2)c2c(N)ncnn12. The number of rotatable bonds is 4. The summed E-state index contributed by atoms with van der Waals surface area (Å²) >= 11 is 0. The van der Waals surface area contributed by atoms with Crippen LogP contribution in [0.4, 0.5) is 27.8 Å². The molecular weight excluding hydrogens is 499 g/mol. The van der Waals surface area contributed by atoms with E-state index in [1.807, 2.05) is 0 Å². The molecular formula is C22H13F5N10. The number of halogens is 5. The second-order valence-corrected chi connectivity index (χ2v) is 7.85. The van der Waals surface area contributed by atoms with Crippen molar-refractivity contribution < 1.29 is 22.0 Å². The van der Waals surface area contributed by atoms with E-state index in [0.717, 1.165) is 29.5 Å². The zero-order valence-electron chi connectivity index (χ0n) is 18.6. The average Bonchev–Trinajstić information content (AvgIpc) is 3.47. The van der Waals surface area contributed by atoms with Gasteiger partial charge in [0.25, 0.3) is 0 Å². The van der Waals surface area contributed by atoms with Crippen molar-refractivity contribution in [3.8, 4) is 22.9 Å². The quantitative estimate of drug-likeness (QED) is 0.360. The highest BCUT2D eigenvalue weighted by Gasteiger charge is 2.35. The van der Waals surface area contributed by atoms with Crippen molar-refractivity contribution in [1.82, 2.24) is 39.6 Å². The van der Waals surface area contributed by atoms with Gasteiger partial charge >= 0.3 is 6.18 Å². The Labute approximate surface area is 203 Å². The third-order valence-electron chi connectivity index (χ3n) is 5.62. The van der Waals surface area contributed by atoms with E-state index in [0.29, 0.717) is 6.07 Å². The van der Waals surface area contributed by atoms with Crippen LogP contribution in [0, 0.1) is 23.0 Å². The number of anilines is 1. The topological polar surface area (TPSA) is 136 Å². The zero-order chi connectivity index (χ0) is 26.5. The Hall–Kier alpha value is -5.00. The lowest BCUT2D eigenvalue weighted by Crippen LogP contribution is -2.10. The van der Waals surface area contributed by atoms with Gasteiger partial charge in [0, 0.05) is 35.5 Å². The van der Waals surface area contributed by atoms with Crippen LogP contribution in [0.25, 0.3) is 22.3 Å². The lowest BCUT2D eigenvalue weighted by atomic mass is 9.97. The predicted octanol–water partition coefficient (Wildman–Crippen LogP) is 3.67. The van der Waals surface area contributed by atoms with Crippen molar-refractivity contribution in [3.63, 3.8) is 0 Å². The lowest BCUT2D eigenvalue weighted by Gasteiger charge is -2.09. The van der Waals surface area contributed by atoms with Crippen LogP contribution < -0.4 is 5.73 Å². The molecule has 0 aliphatic heterocycles. The maximum Gasteiger partial charge on any atom is 0.451 e. The fraction of sp³-hybridized carbons (Fsp3) is 0.136. The molecule has 0 saturated heterocycles. The molecule has 37 heavy (non-hydrogen) atoms. The maximum atomic E-state index is 14.2. The summed E-state index contributed by atoms with van der Waals surface area (Å²) in [6.07, 6.45) is -0.345. The summed E-state index contributed by atoms with van der Waals surface area (Å²) in [5.74, 6) is -3.71. The molecule has 0 unspecified atom stereocenters. The summed E-state index contributed by atoms with van der Waals surface area (Å²) in [5, 5.41) is 22.2. The number of nitrogens with two attached hydrogens (primary N) is 1. The van der Waals surface area contributed by atoms with E-state index in [4.69, 9.17) is 5.73 Å². The highest BCUT2D eigenvalue weighted by Crippen LogP contribution is 2.39. The van der Waals surface area contributed by atoms with Crippen LogP contribution in [0.1, 0.15) is 35.6 Å². The number of nitriles is 1. The molecule has 1 aromatic carbocycles. The Morgan fingerprint density at radius 1 is 1.11 bits per heavy atom. The summed E-state index contributed by atoms with van der Waals surface area (Å²) < 4.78 is 68.9. The molecule has 0 spiro atoms. The first-order chi connectivity index (χ1) is 17.6. The van der Waals surface area contributed by atoms with Crippen LogP contribution in [0.15, 0.2) is 43.1 Å². The van der Waals surface area contributed by atoms with E-state index < -0.39 is 29.6 Å². The van der Waals surface area contributed by atoms with E-state index in [1.54, 1.807) is 6.92 Å².